The summed E-state index contributed by atoms with van der Waals surface area (Å²) in [7, 11) is 0. The first-order valence-corrected chi connectivity index (χ1v) is 8.42. The van der Waals surface area contributed by atoms with Gasteiger partial charge in [-0.3, -0.25) is 4.79 Å². The van der Waals surface area contributed by atoms with Crippen LogP contribution >= 0.6 is 0 Å². The summed E-state index contributed by atoms with van der Waals surface area (Å²) in [6, 6.07) is 1.89. The lowest BCUT2D eigenvalue weighted by atomic mass is 9.79. The van der Waals surface area contributed by atoms with Crippen LogP contribution in [0.15, 0.2) is 6.07 Å². The summed E-state index contributed by atoms with van der Waals surface area (Å²) in [5, 5.41) is 3.19. The minimum atomic E-state index is -0.109. The van der Waals surface area contributed by atoms with Gasteiger partial charge in [0.15, 0.2) is 0 Å². The van der Waals surface area contributed by atoms with Gasteiger partial charge in [-0.15, -0.1) is 0 Å². The predicted molar refractivity (Wildman–Crippen MR) is 85.2 cm³/mol. The van der Waals surface area contributed by atoms with Crippen LogP contribution in [0.2, 0.25) is 0 Å². The molecule has 0 unspecified atom stereocenters. The Morgan fingerprint density at radius 1 is 1.13 bits per heavy atom. The first-order chi connectivity index (χ1) is 11.1. The molecule has 0 bridgehead atoms. The fourth-order valence-corrected chi connectivity index (χ4v) is 3.62. The normalized spacial score (nSPS) is 26.0. The summed E-state index contributed by atoms with van der Waals surface area (Å²) in [4.78, 5) is 21.1. The van der Waals surface area contributed by atoms with Crippen LogP contribution in [-0.2, 0) is 9.47 Å². The van der Waals surface area contributed by atoms with Gasteiger partial charge in [-0.2, -0.15) is 0 Å². The molecule has 6 heteroatoms. The number of carbonyl (C=O) groups excluding carboxylic acids is 1. The van der Waals surface area contributed by atoms with Crippen molar-refractivity contribution < 1.29 is 14.3 Å². The zero-order chi connectivity index (χ0) is 16.2. The number of carbonyl (C=O) groups is 1. The number of hydrogen-bond donors (Lipinski definition) is 1. The summed E-state index contributed by atoms with van der Waals surface area (Å²) in [6.45, 7) is 6.73. The minimum absolute atomic E-state index is 0.109. The van der Waals surface area contributed by atoms with Gasteiger partial charge in [0.2, 0.25) is 0 Å². The van der Waals surface area contributed by atoms with Crippen LogP contribution < -0.4 is 5.32 Å². The molecule has 2 aliphatic rings. The van der Waals surface area contributed by atoms with E-state index in [4.69, 9.17) is 9.47 Å². The Kier molecular flexibility index (Phi) is 5.23. The first kappa shape index (κ1) is 16.3. The van der Waals surface area contributed by atoms with E-state index in [1.807, 2.05) is 13.8 Å². The van der Waals surface area contributed by atoms with Gasteiger partial charge in [0, 0.05) is 37.5 Å². The van der Waals surface area contributed by atoms with Crippen molar-refractivity contribution in [2.24, 2.45) is 11.8 Å². The molecule has 0 aromatic carbocycles. The lowest BCUT2D eigenvalue weighted by Gasteiger charge is -2.38. The second-order valence-electron chi connectivity index (χ2n) is 6.50. The van der Waals surface area contributed by atoms with E-state index in [2.05, 4.69) is 15.3 Å². The molecule has 1 N–H and O–H groups in total. The van der Waals surface area contributed by atoms with Crippen molar-refractivity contribution in [1.29, 1.82) is 0 Å². The smallest absolute Gasteiger partial charge is 0.270 e. The molecular formula is C17H25N3O3. The zero-order valence-electron chi connectivity index (χ0n) is 13.9. The molecule has 0 saturated carbocycles. The minimum Gasteiger partial charge on any atom is -0.381 e. The zero-order valence-corrected chi connectivity index (χ0v) is 13.9. The van der Waals surface area contributed by atoms with Gasteiger partial charge in [-0.05, 0) is 45.1 Å². The van der Waals surface area contributed by atoms with Gasteiger partial charge < -0.3 is 14.8 Å². The molecule has 3 heterocycles. The molecule has 1 aromatic rings. The first-order valence-electron chi connectivity index (χ1n) is 8.42. The summed E-state index contributed by atoms with van der Waals surface area (Å²) in [5.41, 5.74) is 1.27. The second kappa shape index (κ2) is 7.36. The van der Waals surface area contributed by atoms with Gasteiger partial charge >= 0.3 is 0 Å². The second-order valence-corrected chi connectivity index (χ2v) is 6.50. The Hall–Kier alpha value is -1.53. The summed E-state index contributed by atoms with van der Waals surface area (Å²) in [5.74, 6) is 1.44. The molecule has 0 spiro atoms. The third-order valence-electron chi connectivity index (χ3n) is 4.79. The molecule has 1 amide bonds. The molecule has 0 radical (unpaired) electrons. The third-order valence-corrected chi connectivity index (χ3v) is 4.79. The maximum Gasteiger partial charge on any atom is 0.270 e. The highest BCUT2D eigenvalue weighted by atomic mass is 16.5. The van der Waals surface area contributed by atoms with Gasteiger partial charge in [-0.1, -0.05) is 0 Å². The third kappa shape index (κ3) is 4.06. The number of aromatic nitrogens is 2. The van der Waals surface area contributed by atoms with Crippen molar-refractivity contribution in [3.8, 4) is 0 Å². The highest BCUT2D eigenvalue weighted by molar-refractivity contribution is 5.92. The van der Waals surface area contributed by atoms with Crippen molar-refractivity contribution >= 4 is 5.91 Å². The van der Waals surface area contributed by atoms with Crippen molar-refractivity contribution in [3.63, 3.8) is 0 Å². The van der Waals surface area contributed by atoms with E-state index >= 15 is 0 Å². The Labute approximate surface area is 137 Å². The monoisotopic (exact) mass is 319 g/mol. The van der Waals surface area contributed by atoms with Crippen molar-refractivity contribution in [3.05, 3.63) is 23.3 Å². The molecule has 1 aromatic heterocycles. The number of amides is 1. The van der Waals surface area contributed by atoms with Crippen LogP contribution in [0.25, 0.3) is 0 Å². The fraction of sp³-hybridized carbons (Fsp3) is 0.706. The Balaban J connectivity index is 1.69. The van der Waals surface area contributed by atoms with Gasteiger partial charge in [0.05, 0.1) is 6.61 Å². The largest absolute Gasteiger partial charge is 0.381 e. The molecule has 2 saturated heterocycles. The van der Waals surface area contributed by atoms with Crippen LogP contribution in [-0.4, -0.2) is 48.3 Å². The number of rotatable bonds is 3. The highest BCUT2D eigenvalue weighted by Crippen LogP contribution is 2.30. The summed E-state index contributed by atoms with van der Waals surface area (Å²) < 4.78 is 11.1. The van der Waals surface area contributed by atoms with Crippen LogP contribution in [0, 0.1) is 25.7 Å². The number of ether oxygens (including phenoxy) is 2. The standard InChI is InChI=1S/C17H25N3O3/c1-11-9-16(19-12(2)18-11)17(21)20-15-5-8-23-10-14(15)13-3-6-22-7-4-13/h9,13-15H,3-8,10H2,1-2H3,(H,20,21)/t14-,15-/m0/s1. The molecule has 126 valence electrons. The molecule has 23 heavy (non-hydrogen) atoms. The Morgan fingerprint density at radius 3 is 2.61 bits per heavy atom. The van der Waals surface area contributed by atoms with E-state index < -0.39 is 0 Å². The maximum absolute atomic E-state index is 12.6. The Bertz CT molecular complexity index is 538. The number of nitrogens with one attached hydrogen (secondary N) is 1. The summed E-state index contributed by atoms with van der Waals surface area (Å²) >= 11 is 0. The molecule has 6 nitrogen and oxygen atoms in total. The van der Waals surface area contributed by atoms with E-state index in [-0.39, 0.29) is 11.9 Å². The van der Waals surface area contributed by atoms with E-state index in [9.17, 15) is 4.79 Å². The van der Waals surface area contributed by atoms with Crippen molar-refractivity contribution in [2.45, 2.75) is 39.2 Å². The van der Waals surface area contributed by atoms with Crippen LogP contribution in [0.5, 0.6) is 0 Å². The van der Waals surface area contributed by atoms with Gasteiger partial charge in [-0.25, -0.2) is 9.97 Å². The predicted octanol–water partition coefficient (Wildman–Crippen LogP) is 1.65. The van der Waals surface area contributed by atoms with E-state index in [0.717, 1.165) is 44.8 Å². The number of nitrogens with zero attached hydrogens (tertiary/aromatic N) is 2. The van der Waals surface area contributed by atoms with E-state index in [0.29, 0.717) is 30.0 Å². The van der Waals surface area contributed by atoms with Gasteiger partial charge in [0.25, 0.3) is 5.91 Å². The van der Waals surface area contributed by atoms with Crippen LogP contribution in [0.3, 0.4) is 0 Å². The van der Waals surface area contributed by atoms with E-state index in [1.54, 1.807) is 6.07 Å². The number of hydrogen-bond acceptors (Lipinski definition) is 5. The molecule has 2 fully saturated rings. The average molecular weight is 319 g/mol. The topological polar surface area (TPSA) is 73.3 Å². The quantitative estimate of drug-likeness (QED) is 0.917. The maximum atomic E-state index is 12.6. The van der Waals surface area contributed by atoms with Gasteiger partial charge in [0.1, 0.15) is 11.5 Å². The van der Waals surface area contributed by atoms with Crippen molar-refractivity contribution in [1.82, 2.24) is 15.3 Å². The van der Waals surface area contributed by atoms with Crippen molar-refractivity contribution in [2.75, 3.05) is 26.4 Å². The molecule has 2 aliphatic heterocycles. The number of aryl methyl sites for hydroxylation is 2. The van der Waals surface area contributed by atoms with Crippen LogP contribution in [0.1, 0.15) is 41.3 Å². The molecule has 0 aliphatic carbocycles. The fourth-order valence-electron chi connectivity index (χ4n) is 3.62. The lowest BCUT2D eigenvalue weighted by Crippen LogP contribution is -2.49. The highest BCUT2D eigenvalue weighted by Gasteiger charge is 2.34. The SMILES string of the molecule is Cc1cc(C(=O)N[C@H]2CCOC[C@H]2C2CCOCC2)nc(C)n1. The van der Waals surface area contributed by atoms with Crippen LogP contribution in [0.4, 0.5) is 0 Å². The average Bonchev–Trinajstić information content (AvgIpc) is 2.55. The molecular weight excluding hydrogens is 294 g/mol. The summed E-state index contributed by atoms with van der Waals surface area (Å²) in [6.07, 6.45) is 2.95. The molecule has 3 rings (SSSR count). The lowest BCUT2D eigenvalue weighted by molar-refractivity contribution is -0.0259. The molecule has 2 atom stereocenters. The Morgan fingerprint density at radius 2 is 1.87 bits per heavy atom. The van der Waals surface area contributed by atoms with E-state index in [1.165, 1.54) is 0 Å².